The fourth-order valence-corrected chi connectivity index (χ4v) is 4.94. The number of fused-ring (bicyclic) bond motifs is 1. The number of ether oxygens (including phenoxy) is 4. The molecule has 0 saturated heterocycles. The molecule has 1 aromatic heterocycles. The Balaban J connectivity index is 1.35. The van der Waals surface area contributed by atoms with Crippen LogP contribution in [0.2, 0.25) is 5.02 Å². The summed E-state index contributed by atoms with van der Waals surface area (Å²) in [5, 5.41) is 19.6. The van der Waals surface area contributed by atoms with E-state index in [2.05, 4.69) is 10.2 Å². The molecule has 1 N–H and O–H groups in total. The minimum absolute atomic E-state index is 0.0795. The first kappa shape index (κ1) is 26.5. The number of aromatic nitrogens is 3. The van der Waals surface area contributed by atoms with E-state index < -0.39 is 5.97 Å². The Hall–Kier alpha value is -4.15. The van der Waals surface area contributed by atoms with Crippen molar-refractivity contribution >= 4 is 35.4 Å². The van der Waals surface area contributed by atoms with Gasteiger partial charge in [0.1, 0.15) is 11.5 Å². The number of halogens is 1. The molecule has 2 heterocycles. The lowest BCUT2D eigenvalue weighted by molar-refractivity contribution is -0.131. The van der Waals surface area contributed by atoms with Crippen molar-refractivity contribution in [2.75, 3.05) is 13.9 Å². The molecule has 0 atom stereocenters. The summed E-state index contributed by atoms with van der Waals surface area (Å²) in [5.74, 6) is 1.93. The number of aliphatic carboxylic acids is 1. The number of rotatable bonds is 10. The minimum atomic E-state index is -1.08. The number of hydrogen-bond donors (Lipinski definition) is 1. The molecule has 0 fully saturated rings. The summed E-state index contributed by atoms with van der Waals surface area (Å²) >= 11 is 7.04. The van der Waals surface area contributed by atoms with E-state index in [9.17, 15) is 9.90 Å². The van der Waals surface area contributed by atoms with Crippen molar-refractivity contribution in [3.63, 3.8) is 0 Å². The van der Waals surface area contributed by atoms with Gasteiger partial charge >= 0.3 is 5.97 Å². The molecular weight excluding hydrogens is 542 g/mol. The number of hydrogen-bond acceptors (Lipinski definition) is 8. The van der Waals surface area contributed by atoms with Gasteiger partial charge in [0.15, 0.2) is 34.0 Å². The molecule has 3 aromatic carbocycles. The first-order chi connectivity index (χ1) is 18.9. The zero-order valence-electron chi connectivity index (χ0n) is 21.1. The maximum Gasteiger partial charge on any atom is 0.342 e. The molecule has 200 valence electrons. The van der Waals surface area contributed by atoms with Crippen LogP contribution in [0, 0.1) is 0 Å². The number of nitrogens with zero attached hydrogens (tertiary/aromatic N) is 3. The molecule has 0 aliphatic carbocycles. The average molecular weight is 566 g/mol. The van der Waals surface area contributed by atoms with E-state index in [-0.39, 0.29) is 11.7 Å². The molecule has 0 unspecified atom stereocenters. The Morgan fingerprint density at radius 2 is 1.87 bits per heavy atom. The van der Waals surface area contributed by atoms with E-state index >= 15 is 0 Å². The first-order valence-corrected chi connectivity index (χ1v) is 13.2. The summed E-state index contributed by atoms with van der Waals surface area (Å²) in [7, 11) is 1.53. The molecule has 0 saturated carbocycles. The summed E-state index contributed by atoms with van der Waals surface area (Å²) in [6.07, 6.45) is 1.56. The third-order valence-corrected chi connectivity index (χ3v) is 7.11. The Morgan fingerprint density at radius 1 is 1.08 bits per heavy atom. The Morgan fingerprint density at radius 3 is 2.62 bits per heavy atom. The monoisotopic (exact) mass is 565 g/mol. The highest BCUT2D eigenvalue weighted by Gasteiger charge is 2.19. The molecule has 0 radical (unpaired) electrons. The van der Waals surface area contributed by atoms with Crippen molar-refractivity contribution in [2.45, 2.75) is 25.2 Å². The topological polar surface area (TPSA) is 105 Å². The van der Waals surface area contributed by atoms with Gasteiger partial charge in [0, 0.05) is 17.1 Å². The van der Waals surface area contributed by atoms with Gasteiger partial charge in [-0.25, -0.2) is 4.79 Å². The summed E-state index contributed by atoms with van der Waals surface area (Å²) in [6.45, 7) is 3.01. The average Bonchev–Trinajstić information content (AvgIpc) is 3.58. The number of carbonyl (C=O) groups is 1. The highest BCUT2D eigenvalue weighted by Crippen LogP contribution is 2.35. The zero-order chi connectivity index (χ0) is 27.4. The van der Waals surface area contributed by atoms with Crippen LogP contribution in [-0.4, -0.2) is 39.7 Å². The lowest BCUT2D eigenvalue weighted by Gasteiger charge is -2.12. The van der Waals surface area contributed by atoms with Gasteiger partial charge in [0.25, 0.3) is 0 Å². The molecular formula is C28H24ClN3O6S. The van der Waals surface area contributed by atoms with Gasteiger partial charge in [0.2, 0.25) is 6.79 Å². The van der Waals surface area contributed by atoms with Crippen LogP contribution in [0.15, 0.2) is 70.7 Å². The highest BCUT2D eigenvalue weighted by atomic mass is 35.5. The molecule has 1 aliphatic rings. The summed E-state index contributed by atoms with van der Waals surface area (Å²) < 4.78 is 24.1. The maximum absolute atomic E-state index is 12.1. The smallest absolute Gasteiger partial charge is 0.342 e. The number of thioether (sulfide) groups is 1. The molecule has 9 nitrogen and oxygen atoms in total. The van der Waals surface area contributed by atoms with Crippen molar-refractivity contribution < 1.29 is 28.8 Å². The van der Waals surface area contributed by atoms with E-state index in [1.54, 1.807) is 36.4 Å². The lowest BCUT2D eigenvalue weighted by Crippen LogP contribution is -2.03. The fraction of sp³-hybridized carbons (Fsp3) is 0.179. The van der Waals surface area contributed by atoms with Crippen molar-refractivity contribution in [1.82, 2.24) is 14.8 Å². The van der Waals surface area contributed by atoms with Gasteiger partial charge in [0.05, 0.1) is 7.11 Å². The predicted octanol–water partition coefficient (Wildman–Crippen LogP) is 6.15. The Labute approximate surface area is 233 Å². The van der Waals surface area contributed by atoms with Crippen molar-refractivity contribution in [2.24, 2.45) is 0 Å². The second-order valence-corrected chi connectivity index (χ2v) is 9.81. The van der Waals surface area contributed by atoms with Gasteiger partial charge < -0.3 is 28.6 Å². The van der Waals surface area contributed by atoms with Crippen LogP contribution in [0.4, 0.5) is 0 Å². The van der Waals surface area contributed by atoms with Gasteiger partial charge in [-0.05, 0) is 84.4 Å². The predicted molar refractivity (Wildman–Crippen MR) is 148 cm³/mol. The summed E-state index contributed by atoms with van der Waals surface area (Å²) in [6, 6.07) is 18.1. The van der Waals surface area contributed by atoms with Crippen molar-refractivity contribution in [1.29, 1.82) is 0 Å². The third kappa shape index (κ3) is 5.97. The number of carboxylic acids is 1. The second-order valence-electron chi connectivity index (χ2n) is 8.36. The second kappa shape index (κ2) is 11.7. The van der Waals surface area contributed by atoms with Gasteiger partial charge in [-0.2, -0.15) is 0 Å². The zero-order valence-corrected chi connectivity index (χ0v) is 22.7. The van der Waals surface area contributed by atoms with E-state index in [0.717, 1.165) is 22.9 Å². The largest absolute Gasteiger partial charge is 0.493 e. The van der Waals surface area contributed by atoms with E-state index in [0.29, 0.717) is 57.7 Å². The Bertz CT molecular complexity index is 1540. The molecule has 11 heteroatoms. The highest BCUT2D eigenvalue weighted by molar-refractivity contribution is 8.04. The van der Waals surface area contributed by atoms with Crippen molar-refractivity contribution in [3.05, 3.63) is 81.7 Å². The van der Waals surface area contributed by atoms with Gasteiger partial charge in [-0.1, -0.05) is 23.7 Å². The van der Waals surface area contributed by atoms with E-state index in [1.807, 2.05) is 41.8 Å². The summed E-state index contributed by atoms with van der Waals surface area (Å²) in [4.78, 5) is 12.2. The normalized spacial score (nSPS) is 12.4. The molecule has 0 amide bonds. The molecule has 0 bridgehead atoms. The van der Waals surface area contributed by atoms with Gasteiger partial charge in [-0.3, -0.25) is 0 Å². The van der Waals surface area contributed by atoms with Crippen LogP contribution in [0.3, 0.4) is 0 Å². The van der Waals surface area contributed by atoms with Gasteiger partial charge in [-0.15, -0.1) is 10.2 Å². The van der Waals surface area contributed by atoms with Crippen LogP contribution in [0.5, 0.6) is 23.0 Å². The van der Waals surface area contributed by atoms with Crippen molar-refractivity contribution in [3.8, 4) is 34.4 Å². The number of carboxylic acid groups (broad SMARTS) is 1. The lowest BCUT2D eigenvalue weighted by atomic mass is 10.2. The summed E-state index contributed by atoms with van der Waals surface area (Å²) in [5.41, 5.74) is 2.38. The SMILES string of the molecule is CCn1c(S/C(=C\c2ccc(OCc3ccc4c(c3)OCO4)c(OC)c2)C(=O)O)nnc1-c1ccc(Cl)cc1. The van der Waals surface area contributed by atoms with E-state index in [1.165, 1.54) is 7.11 Å². The molecule has 0 spiro atoms. The molecule has 39 heavy (non-hydrogen) atoms. The third-order valence-electron chi connectivity index (χ3n) is 5.86. The van der Waals surface area contributed by atoms with Crippen LogP contribution in [0.25, 0.3) is 17.5 Å². The van der Waals surface area contributed by atoms with Crippen LogP contribution in [0.1, 0.15) is 18.1 Å². The fourth-order valence-electron chi connectivity index (χ4n) is 3.93. The standard InChI is InChI=1S/C28H24ClN3O6S/c1-3-32-26(19-6-8-20(29)9-7-19)30-31-28(32)39-25(27(33)34)14-17-4-10-21(23(12-17)35-2)36-15-18-5-11-22-24(13-18)38-16-37-22/h4-14H,3,15-16H2,1-2H3,(H,33,34)/b25-14-. The molecule has 1 aliphatic heterocycles. The minimum Gasteiger partial charge on any atom is -0.493 e. The molecule has 4 aromatic rings. The maximum atomic E-state index is 12.1. The molecule has 5 rings (SSSR count). The van der Waals surface area contributed by atoms with Crippen LogP contribution < -0.4 is 18.9 Å². The number of benzene rings is 3. The number of methoxy groups -OCH3 is 1. The van der Waals surface area contributed by atoms with E-state index in [4.69, 9.17) is 30.5 Å². The Kier molecular flexibility index (Phi) is 7.94. The quantitative estimate of drug-likeness (QED) is 0.179. The van der Waals surface area contributed by atoms with Crippen LogP contribution >= 0.6 is 23.4 Å². The first-order valence-electron chi connectivity index (χ1n) is 12.0. The van der Waals surface area contributed by atoms with Crippen LogP contribution in [-0.2, 0) is 17.9 Å².